The van der Waals surface area contributed by atoms with Gasteiger partial charge in [0.15, 0.2) is 5.78 Å². The molecule has 2 aromatic rings. The molecule has 32 heavy (non-hydrogen) atoms. The molecule has 0 bridgehead atoms. The Balaban J connectivity index is 1.62. The summed E-state index contributed by atoms with van der Waals surface area (Å²) in [4.78, 5) is 40.8. The van der Waals surface area contributed by atoms with Crippen LogP contribution in [-0.4, -0.2) is 63.8 Å². The van der Waals surface area contributed by atoms with E-state index < -0.39 is 23.6 Å². The van der Waals surface area contributed by atoms with E-state index in [2.05, 4.69) is 0 Å². The lowest BCUT2D eigenvalue weighted by molar-refractivity contribution is -0.149. The zero-order chi connectivity index (χ0) is 23.2. The van der Waals surface area contributed by atoms with Gasteiger partial charge < -0.3 is 19.6 Å². The zero-order valence-electron chi connectivity index (χ0n) is 18.2. The van der Waals surface area contributed by atoms with Crippen LogP contribution >= 0.6 is 0 Å². The van der Waals surface area contributed by atoms with Gasteiger partial charge in [-0.2, -0.15) is 0 Å². The van der Waals surface area contributed by atoms with Gasteiger partial charge in [-0.3, -0.25) is 14.4 Å². The van der Waals surface area contributed by atoms with Crippen molar-refractivity contribution in [1.29, 1.82) is 0 Å². The number of ether oxygens (including phenoxy) is 1. The lowest BCUT2D eigenvalue weighted by Gasteiger charge is -2.48. The summed E-state index contributed by atoms with van der Waals surface area (Å²) in [7, 11) is 0. The van der Waals surface area contributed by atoms with E-state index in [-0.39, 0.29) is 37.2 Å². The molecule has 2 aromatic carbocycles. The number of piperazine rings is 1. The maximum absolute atomic E-state index is 13.2. The molecule has 0 aliphatic carbocycles. The first-order valence-corrected chi connectivity index (χ1v) is 10.4. The third-order valence-electron chi connectivity index (χ3n) is 6.09. The molecule has 2 aliphatic heterocycles. The first kappa shape index (κ1) is 22.0. The largest absolute Gasteiger partial charge is 0.485 e. The van der Waals surface area contributed by atoms with Gasteiger partial charge in [0.2, 0.25) is 5.91 Å². The SMILES string of the molecule is CC(=O)c1ccc2c(c1)C(N1CCN(C(=O)c3ccc(F)cc3)CC1=O)[C@H](O)C(C)(C)O2. The van der Waals surface area contributed by atoms with Crippen LogP contribution in [0.2, 0.25) is 0 Å². The number of ketones is 1. The number of halogens is 1. The Morgan fingerprint density at radius 1 is 1.09 bits per heavy atom. The number of amides is 2. The second kappa shape index (κ2) is 8.02. The van der Waals surface area contributed by atoms with Crippen LogP contribution in [0.5, 0.6) is 5.75 Å². The van der Waals surface area contributed by atoms with E-state index in [1.807, 2.05) is 0 Å². The first-order chi connectivity index (χ1) is 15.1. The minimum absolute atomic E-state index is 0.132. The van der Waals surface area contributed by atoms with Crippen LogP contribution in [-0.2, 0) is 4.79 Å². The molecule has 2 aliphatic rings. The fourth-order valence-corrected chi connectivity index (χ4v) is 4.25. The highest BCUT2D eigenvalue weighted by Crippen LogP contribution is 2.43. The van der Waals surface area contributed by atoms with E-state index in [1.165, 1.54) is 36.1 Å². The van der Waals surface area contributed by atoms with Crippen molar-refractivity contribution in [1.82, 2.24) is 9.80 Å². The molecular weight excluding hydrogens is 415 g/mol. The first-order valence-electron chi connectivity index (χ1n) is 10.4. The maximum Gasteiger partial charge on any atom is 0.254 e. The Kier molecular flexibility index (Phi) is 5.50. The fraction of sp³-hybridized carbons (Fsp3) is 0.375. The standard InChI is InChI=1S/C24H25FN2O5/c1-14(28)16-6-9-19-18(12-16)21(22(30)24(2,3)32-19)27-11-10-26(13-20(27)29)23(31)15-4-7-17(25)8-5-15/h4-9,12,21-22,30H,10-11,13H2,1-3H3/t21?,22-/m0/s1. The highest BCUT2D eigenvalue weighted by atomic mass is 19.1. The third kappa shape index (κ3) is 3.86. The molecule has 168 valence electrons. The van der Waals surface area contributed by atoms with Gasteiger partial charge in [-0.05, 0) is 63.2 Å². The summed E-state index contributed by atoms with van der Waals surface area (Å²) in [5.41, 5.74) is 0.367. The number of aliphatic hydroxyl groups excluding tert-OH is 1. The number of Topliss-reactive ketones (excluding diaryl/α,β-unsaturated/α-hetero) is 1. The zero-order valence-corrected chi connectivity index (χ0v) is 18.2. The summed E-state index contributed by atoms with van der Waals surface area (Å²) < 4.78 is 19.1. The minimum Gasteiger partial charge on any atom is -0.485 e. The van der Waals surface area contributed by atoms with Crippen molar-refractivity contribution in [2.45, 2.75) is 38.5 Å². The number of hydrogen-bond acceptors (Lipinski definition) is 5. The summed E-state index contributed by atoms with van der Waals surface area (Å²) >= 11 is 0. The van der Waals surface area contributed by atoms with Gasteiger partial charge >= 0.3 is 0 Å². The van der Waals surface area contributed by atoms with Gasteiger partial charge in [0, 0.05) is 29.8 Å². The van der Waals surface area contributed by atoms with Crippen LogP contribution in [0.25, 0.3) is 0 Å². The summed E-state index contributed by atoms with van der Waals surface area (Å²) in [6, 6.07) is 9.47. The third-order valence-corrected chi connectivity index (χ3v) is 6.09. The Bertz CT molecular complexity index is 1080. The highest BCUT2D eigenvalue weighted by molar-refractivity contribution is 5.97. The molecule has 8 heteroatoms. The van der Waals surface area contributed by atoms with Gasteiger partial charge in [-0.15, -0.1) is 0 Å². The topological polar surface area (TPSA) is 87.2 Å². The van der Waals surface area contributed by atoms with Crippen LogP contribution in [0, 0.1) is 5.82 Å². The quantitative estimate of drug-likeness (QED) is 0.742. The number of fused-ring (bicyclic) bond motifs is 1. The van der Waals surface area contributed by atoms with Gasteiger partial charge in [0.1, 0.15) is 29.8 Å². The summed E-state index contributed by atoms with van der Waals surface area (Å²) in [5, 5.41) is 11.1. The number of nitrogens with zero attached hydrogens (tertiary/aromatic N) is 2. The molecule has 0 radical (unpaired) electrons. The molecule has 0 aromatic heterocycles. The van der Waals surface area contributed by atoms with Crippen molar-refractivity contribution in [3.63, 3.8) is 0 Å². The van der Waals surface area contributed by atoms with Crippen LogP contribution in [0.3, 0.4) is 0 Å². The van der Waals surface area contributed by atoms with E-state index in [9.17, 15) is 23.9 Å². The summed E-state index contributed by atoms with van der Waals surface area (Å²) in [6.45, 7) is 5.23. The van der Waals surface area contributed by atoms with Crippen molar-refractivity contribution in [2.75, 3.05) is 19.6 Å². The molecule has 2 amide bonds. The summed E-state index contributed by atoms with van der Waals surface area (Å²) in [5.74, 6) is -0.750. The Hall–Kier alpha value is -3.26. The van der Waals surface area contributed by atoms with E-state index >= 15 is 0 Å². The maximum atomic E-state index is 13.2. The van der Waals surface area contributed by atoms with Crippen LogP contribution in [0.4, 0.5) is 4.39 Å². The van der Waals surface area contributed by atoms with Gasteiger partial charge in [-0.25, -0.2) is 4.39 Å². The second-order valence-electron chi connectivity index (χ2n) is 8.72. The molecule has 4 rings (SSSR count). The molecule has 2 heterocycles. The molecular formula is C24H25FN2O5. The van der Waals surface area contributed by atoms with E-state index in [4.69, 9.17) is 4.74 Å². The van der Waals surface area contributed by atoms with Crippen LogP contribution < -0.4 is 4.74 Å². The lowest BCUT2D eigenvalue weighted by atomic mass is 9.84. The molecule has 2 atom stereocenters. The Morgan fingerprint density at radius 3 is 2.38 bits per heavy atom. The number of rotatable bonds is 3. The highest BCUT2D eigenvalue weighted by Gasteiger charge is 2.48. The number of benzene rings is 2. The average molecular weight is 440 g/mol. The number of hydrogen-bond donors (Lipinski definition) is 1. The molecule has 0 spiro atoms. The average Bonchev–Trinajstić information content (AvgIpc) is 2.74. The van der Waals surface area contributed by atoms with Crippen molar-refractivity contribution in [3.8, 4) is 5.75 Å². The Morgan fingerprint density at radius 2 is 1.75 bits per heavy atom. The monoisotopic (exact) mass is 440 g/mol. The molecule has 1 fully saturated rings. The number of carbonyl (C=O) groups is 3. The van der Waals surface area contributed by atoms with E-state index in [0.29, 0.717) is 22.4 Å². The lowest BCUT2D eigenvalue weighted by Crippen LogP contribution is -2.59. The number of carbonyl (C=O) groups excluding carboxylic acids is 3. The van der Waals surface area contributed by atoms with Crippen molar-refractivity contribution in [3.05, 3.63) is 65.0 Å². The van der Waals surface area contributed by atoms with Crippen LogP contribution in [0.15, 0.2) is 42.5 Å². The fourth-order valence-electron chi connectivity index (χ4n) is 4.25. The predicted molar refractivity (Wildman–Crippen MR) is 114 cm³/mol. The molecule has 7 nitrogen and oxygen atoms in total. The van der Waals surface area contributed by atoms with Gasteiger partial charge in [-0.1, -0.05) is 0 Å². The van der Waals surface area contributed by atoms with E-state index in [0.717, 1.165) is 0 Å². The van der Waals surface area contributed by atoms with Crippen molar-refractivity contribution in [2.24, 2.45) is 0 Å². The number of aliphatic hydroxyl groups is 1. The van der Waals surface area contributed by atoms with E-state index in [1.54, 1.807) is 36.9 Å². The molecule has 0 saturated carbocycles. The molecule has 1 unspecified atom stereocenters. The van der Waals surface area contributed by atoms with Crippen molar-refractivity contribution < 1.29 is 28.6 Å². The Labute approximate surface area is 185 Å². The normalized spacial score (nSPS) is 22.2. The van der Waals surface area contributed by atoms with Gasteiger partial charge in [0.25, 0.3) is 5.91 Å². The second-order valence-corrected chi connectivity index (χ2v) is 8.72. The van der Waals surface area contributed by atoms with Crippen LogP contribution in [0.1, 0.15) is 53.1 Å². The van der Waals surface area contributed by atoms with Crippen molar-refractivity contribution >= 4 is 17.6 Å². The minimum atomic E-state index is -1.04. The smallest absolute Gasteiger partial charge is 0.254 e. The summed E-state index contributed by atoms with van der Waals surface area (Å²) in [6.07, 6.45) is -1.04. The predicted octanol–water partition coefficient (Wildman–Crippen LogP) is 2.59. The van der Waals surface area contributed by atoms with Gasteiger partial charge in [0.05, 0.1) is 6.04 Å². The molecule has 1 N–H and O–H groups in total. The molecule has 1 saturated heterocycles.